The topological polar surface area (TPSA) is 85.3 Å². The summed E-state index contributed by atoms with van der Waals surface area (Å²) in [5.41, 5.74) is 1.69. The maximum atomic E-state index is 13.1. The van der Waals surface area contributed by atoms with Crippen molar-refractivity contribution in [2.75, 3.05) is 32.9 Å². The van der Waals surface area contributed by atoms with Gasteiger partial charge in [0.25, 0.3) is 0 Å². The van der Waals surface area contributed by atoms with Crippen molar-refractivity contribution in [3.05, 3.63) is 65.5 Å². The third-order valence-electron chi connectivity index (χ3n) is 5.31. The minimum absolute atomic E-state index is 0.143. The number of nitrogens with zero attached hydrogens (tertiary/aromatic N) is 1. The molecule has 2 rings (SSSR count). The molecule has 0 aliphatic carbocycles. The monoisotopic (exact) mass is 503 g/mol. The molecule has 2 aromatic rings. The fraction of sp³-hybridized carbons (Fsp3) is 0.500. The quantitative estimate of drug-likeness (QED) is 0.374. The lowest BCUT2D eigenvalue weighted by atomic mass is 9.99. The van der Waals surface area contributed by atoms with Crippen LogP contribution < -0.4 is 4.74 Å². The van der Waals surface area contributed by atoms with Crippen LogP contribution in [0.2, 0.25) is 0 Å². The molecule has 0 bridgehead atoms. The van der Waals surface area contributed by atoms with E-state index in [1.54, 1.807) is 36.1 Å². The van der Waals surface area contributed by atoms with Gasteiger partial charge in [0.05, 0.1) is 13.2 Å². The molecule has 1 atom stereocenters. The molecule has 8 heteroatoms. The van der Waals surface area contributed by atoms with E-state index >= 15 is 0 Å². The predicted octanol–water partition coefficient (Wildman–Crippen LogP) is 5.35. The normalized spacial score (nSPS) is 12.1. The molecular formula is C28H38FNO6. The van der Waals surface area contributed by atoms with Crippen LogP contribution in [0.1, 0.15) is 45.2 Å². The van der Waals surface area contributed by atoms with Crippen LogP contribution in [0, 0.1) is 11.2 Å². The maximum Gasteiger partial charge on any atom is 0.409 e. The zero-order chi connectivity index (χ0) is 26.6. The van der Waals surface area contributed by atoms with E-state index in [4.69, 9.17) is 14.2 Å². The molecule has 1 N–H and O–H groups in total. The molecule has 2 aromatic carbocycles. The van der Waals surface area contributed by atoms with E-state index in [0.29, 0.717) is 44.9 Å². The Labute approximate surface area is 213 Å². The second kappa shape index (κ2) is 14.4. The number of halogens is 1. The van der Waals surface area contributed by atoms with Crippen LogP contribution in [0.4, 0.5) is 9.18 Å². The predicted molar refractivity (Wildman–Crippen MR) is 136 cm³/mol. The van der Waals surface area contributed by atoms with E-state index in [1.807, 2.05) is 32.9 Å². The van der Waals surface area contributed by atoms with Gasteiger partial charge >= 0.3 is 12.1 Å². The summed E-state index contributed by atoms with van der Waals surface area (Å²) in [5, 5.41) is 9.25. The van der Waals surface area contributed by atoms with E-state index < -0.39 is 18.2 Å². The highest BCUT2D eigenvalue weighted by atomic mass is 19.1. The molecule has 0 radical (unpaired) electrons. The summed E-state index contributed by atoms with van der Waals surface area (Å²) in [5.74, 6) is -0.640. The van der Waals surface area contributed by atoms with Gasteiger partial charge in [0.1, 0.15) is 18.2 Å². The third kappa shape index (κ3) is 11.1. The van der Waals surface area contributed by atoms with Gasteiger partial charge in [-0.15, -0.1) is 0 Å². The Balaban J connectivity index is 1.89. The van der Waals surface area contributed by atoms with E-state index in [9.17, 15) is 19.1 Å². The van der Waals surface area contributed by atoms with Crippen molar-refractivity contribution in [3.63, 3.8) is 0 Å². The number of carbonyl (C=O) groups is 2. The summed E-state index contributed by atoms with van der Waals surface area (Å²) in [6, 6.07) is 13.5. The number of carbonyl (C=O) groups excluding carboxylic acids is 1. The van der Waals surface area contributed by atoms with Crippen LogP contribution in [0.5, 0.6) is 5.75 Å². The summed E-state index contributed by atoms with van der Waals surface area (Å²) in [6.45, 7) is 9.50. The molecule has 0 aliphatic heterocycles. The summed E-state index contributed by atoms with van der Waals surface area (Å²) < 4.78 is 29.7. The summed E-state index contributed by atoms with van der Waals surface area (Å²) in [4.78, 5) is 25.6. The molecule has 0 saturated heterocycles. The minimum atomic E-state index is -0.991. The zero-order valence-electron chi connectivity index (χ0n) is 21.7. The number of aryl methyl sites for hydroxylation is 1. The average molecular weight is 504 g/mol. The minimum Gasteiger partial charge on any atom is -0.492 e. The van der Waals surface area contributed by atoms with Crippen molar-refractivity contribution < 1.29 is 33.3 Å². The molecule has 0 fully saturated rings. The molecule has 0 saturated carbocycles. The van der Waals surface area contributed by atoms with Crippen LogP contribution in [-0.4, -0.2) is 61.1 Å². The number of carboxylic acids is 1. The zero-order valence-corrected chi connectivity index (χ0v) is 21.7. The van der Waals surface area contributed by atoms with Crippen LogP contribution in [-0.2, 0) is 27.1 Å². The lowest BCUT2D eigenvalue weighted by Gasteiger charge is -2.25. The van der Waals surface area contributed by atoms with Crippen molar-refractivity contribution in [2.45, 2.75) is 53.1 Å². The van der Waals surface area contributed by atoms with E-state index in [-0.39, 0.29) is 24.3 Å². The van der Waals surface area contributed by atoms with Crippen molar-refractivity contribution >= 4 is 12.1 Å². The van der Waals surface area contributed by atoms with Gasteiger partial charge in [-0.1, -0.05) is 45.0 Å². The first-order valence-corrected chi connectivity index (χ1v) is 12.3. The summed E-state index contributed by atoms with van der Waals surface area (Å²) in [6.07, 6.45) is 0.411. The summed E-state index contributed by atoms with van der Waals surface area (Å²) in [7, 11) is 0. The van der Waals surface area contributed by atoms with Crippen LogP contribution >= 0.6 is 0 Å². The molecular weight excluding hydrogens is 465 g/mol. The average Bonchev–Trinajstić information content (AvgIpc) is 2.83. The van der Waals surface area contributed by atoms with Crippen molar-refractivity contribution in [1.29, 1.82) is 0 Å². The van der Waals surface area contributed by atoms with Crippen molar-refractivity contribution in [2.24, 2.45) is 5.41 Å². The molecule has 7 nitrogen and oxygen atoms in total. The Morgan fingerprint density at radius 1 is 1.00 bits per heavy atom. The first-order valence-electron chi connectivity index (χ1n) is 12.3. The first kappa shape index (κ1) is 29.1. The second-order valence-electron chi connectivity index (χ2n) is 9.81. The lowest BCUT2D eigenvalue weighted by molar-refractivity contribution is -0.149. The number of carboxylic acid groups (broad SMARTS) is 1. The Bertz CT molecular complexity index is 940. The van der Waals surface area contributed by atoms with Gasteiger partial charge in [0, 0.05) is 19.6 Å². The van der Waals surface area contributed by atoms with E-state index in [0.717, 1.165) is 11.1 Å². The second-order valence-corrected chi connectivity index (χ2v) is 9.81. The van der Waals surface area contributed by atoms with Gasteiger partial charge in [-0.05, 0) is 60.6 Å². The standard InChI is InChI=1S/C28H38FNO6/c1-5-34-25(26(31)32)19-22-10-14-24(15-11-22)35-18-17-30(27(33)36-20-28(2,3)4)16-6-7-21-8-12-23(29)13-9-21/h8-15,25H,5-7,16-20H2,1-4H3,(H,31,32). The molecule has 1 amide bonds. The van der Waals surface area contributed by atoms with Gasteiger partial charge in [-0.3, -0.25) is 0 Å². The van der Waals surface area contributed by atoms with Crippen molar-refractivity contribution in [1.82, 2.24) is 4.90 Å². The van der Waals surface area contributed by atoms with Crippen LogP contribution in [0.3, 0.4) is 0 Å². The SMILES string of the molecule is CCOC(Cc1ccc(OCCN(CCCc2ccc(F)cc2)C(=O)OCC(C)(C)C)cc1)C(=O)O. The molecule has 0 spiro atoms. The molecule has 0 heterocycles. The molecule has 36 heavy (non-hydrogen) atoms. The van der Waals surface area contributed by atoms with Gasteiger partial charge < -0.3 is 24.2 Å². The molecule has 0 aliphatic rings. The van der Waals surface area contributed by atoms with E-state index in [1.165, 1.54) is 12.1 Å². The number of ether oxygens (including phenoxy) is 3. The van der Waals surface area contributed by atoms with Gasteiger partial charge in [-0.25, -0.2) is 14.0 Å². The number of hydrogen-bond donors (Lipinski definition) is 1. The first-order chi connectivity index (χ1) is 17.1. The Morgan fingerprint density at radius 3 is 2.22 bits per heavy atom. The van der Waals surface area contributed by atoms with Crippen LogP contribution in [0.25, 0.3) is 0 Å². The largest absolute Gasteiger partial charge is 0.492 e. The smallest absolute Gasteiger partial charge is 0.409 e. The fourth-order valence-corrected chi connectivity index (χ4v) is 3.42. The lowest BCUT2D eigenvalue weighted by Crippen LogP contribution is -2.37. The maximum absolute atomic E-state index is 13.1. The van der Waals surface area contributed by atoms with Gasteiger partial charge in [-0.2, -0.15) is 0 Å². The fourth-order valence-electron chi connectivity index (χ4n) is 3.42. The Kier molecular flexibility index (Phi) is 11.7. The molecule has 198 valence electrons. The highest BCUT2D eigenvalue weighted by molar-refractivity contribution is 5.72. The number of hydrogen-bond acceptors (Lipinski definition) is 5. The van der Waals surface area contributed by atoms with Crippen LogP contribution in [0.15, 0.2) is 48.5 Å². The Hall–Kier alpha value is -3.13. The number of amides is 1. The van der Waals surface area contributed by atoms with Gasteiger partial charge in [0.15, 0.2) is 6.10 Å². The van der Waals surface area contributed by atoms with Gasteiger partial charge in [0.2, 0.25) is 0 Å². The van der Waals surface area contributed by atoms with Crippen molar-refractivity contribution in [3.8, 4) is 5.75 Å². The number of benzene rings is 2. The summed E-state index contributed by atoms with van der Waals surface area (Å²) >= 11 is 0. The highest BCUT2D eigenvalue weighted by Gasteiger charge is 2.20. The number of aliphatic carboxylic acids is 1. The van der Waals surface area contributed by atoms with E-state index in [2.05, 4.69) is 0 Å². The highest BCUT2D eigenvalue weighted by Crippen LogP contribution is 2.16. The molecule has 1 unspecified atom stereocenters. The molecule has 0 aromatic heterocycles. The number of rotatable bonds is 14. The third-order valence-corrected chi connectivity index (χ3v) is 5.31. The Morgan fingerprint density at radius 2 is 1.64 bits per heavy atom.